The Labute approximate surface area is 172 Å². The van der Waals surface area contributed by atoms with Crippen LogP contribution in [0.4, 0.5) is 5.69 Å². The van der Waals surface area contributed by atoms with Gasteiger partial charge in [0.2, 0.25) is 11.8 Å². The minimum absolute atomic E-state index is 0.145. The van der Waals surface area contributed by atoms with E-state index >= 15 is 0 Å². The molecule has 0 fully saturated rings. The maximum atomic E-state index is 12.6. The quantitative estimate of drug-likeness (QED) is 0.698. The van der Waals surface area contributed by atoms with Gasteiger partial charge in [-0.1, -0.05) is 24.3 Å². The van der Waals surface area contributed by atoms with E-state index in [1.807, 2.05) is 67.5 Å². The molecule has 1 N–H and O–H groups in total. The number of methoxy groups -OCH3 is 1. The van der Waals surface area contributed by atoms with Crippen LogP contribution in [0.15, 0.2) is 54.6 Å². The van der Waals surface area contributed by atoms with E-state index < -0.39 is 6.04 Å². The van der Waals surface area contributed by atoms with Crippen LogP contribution in [0.3, 0.4) is 0 Å². The van der Waals surface area contributed by atoms with Crippen LogP contribution in [0.1, 0.15) is 18.1 Å². The van der Waals surface area contributed by atoms with E-state index in [1.54, 1.807) is 32.1 Å². The second-order valence-corrected chi connectivity index (χ2v) is 7.09. The molecule has 2 rings (SSSR count). The zero-order valence-corrected chi connectivity index (χ0v) is 17.7. The van der Waals surface area contributed by atoms with Crippen molar-refractivity contribution in [2.24, 2.45) is 0 Å². The molecule has 0 aromatic heterocycles. The molecule has 0 unspecified atom stereocenters. The molecule has 0 radical (unpaired) electrons. The Morgan fingerprint density at radius 2 is 1.66 bits per heavy atom. The summed E-state index contributed by atoms with van der Waals surface area (Å²) in [5.74, 6) is 0.295. The molecule has 1 atom stereocenters. The monoisotopic (exact) mass is 395 g/mol. The molecule has 6 heteroatoms. The van der Waals surface area contributed by atoms with Gasteiger partial charge in [0.15, 0.2) is 0 Å². The van der Waals surface area contributed by atoms with Crippen molar-refractivity contribution < 1.29 is 14.3 Å². The highest BCUT2D eigenvalue weighted by molar-refractivity contribution is 5.95. The average molecular weight is 396 g/mol. The van der Waals surface area contributed by atoms with Crippen molar-refractivity contribution in [1.82, 2.24) is 10.2 Å². The number of rotatable bonds is 8. The molecular formula is C23H29N3O3. The van der Waals surface area contributed by atoms with Gasteiger partial charge in [-0.3, -0.25) is 9.59 Å². The summed E-state index contributed by atoms with van der Waals surface area (Å²) >= 11 is 0. The van der Waals surface area contributed by atoms with E-state index in [4.69, 9.17) is 4.74 Å². The number of hydrogen-bond acceptors (Lipinski definition) is 4. The minimum atomic E-state index is -0.617. The predicted molar refractivity (Wildman–Crippen MR) is 117 cm³/mol. The molecule has 2 aromatic rings. The van der Waals surface area contributed by atoms with Gasteiger partial charge >= 0.3 is 0 Å². The standard InChI is InChI=1S/C23H29N3O3/c1-17(24-22(27)15-10-18-8-13-21(29-5)14-9-18)23(28)26(4)16-19-6-11-20(12-7-19)25(2)3/h6-15,17H,16H2,1-5H3,(H,24,27)/b15-10-/t17-/m0/s1. The summed E-state index contributed by atoms with van der Waals surface area (Å²) in [7, 11) is 7.31. The van der Waals surface area contributed by atoms with Gasteiger partial charge in [-0.25, -0.2) is 0 Å². The number of amides is 2. The Kier molecular flexibility index (Phi) is 7.83. The predicted octanol–water partition coefficient (Wildman–Crippen LogP) is 2.94. The Bertz CT molecular complexity index is 843. The van der Waals surface area contributed by atoms with E-state index in [0.29, 0.717) is 6.54 Å². The summed E-state index contributed by atoms with van der Waals surface area (Å²) in [6.45, 7) is 2.17. The lowest BCUT2D eigenvalue weighted by Gasteiger charge is -2.22. The highest BCUT2D eigenvalue weighted by Gasteiger charge is 2.18. The van der Waals surface area contributed by atoms with Crippen LogP contribution >= 0.6 is 0 Å². The number of nitrogens with zero attached hydrogens (tertiary/aromatic N) is 2. The van der Waals surface area contributed by atoms with Crippen LogP contribution in [0.2, 0.25) is 0 Å². The molecule has 6 nitrogen and oxygen atoms in total. The summed E-state index contributed by atoms with van der Waals surface area (Å²) in [6, 6.07) is 14.8. The van der Waals surface area contributed by atoms with Crippen LogP contribution in [0, 0.1) is 0 Å². The highest BCUT2D eigenvalue weighted by Crippen LogP contribution is 2.14. The van der Waals surface area contributed by atoms with Crippen molar-refractivity contribution >= 4 is 23.6 Å². The molecule has 0 bridgehead atoms. The molecule has 0 saturated carbocycles. The van der Waals surface area contributed by atoms with Gasteiger partial charge in [0, 0.05) is 39.5 Å². The largest absolute Gasteiger partial charge is 0.497 e. The van der Waals surface area contributed by atoms with Crippen molar-refractivity contribution in [2.45, 2.75) is 19.5 Å². The summed E-state index contributed by atoms with van der Waals surface area (Å²) in [5.41, 5.74) is 3.01. The smallest absolute Gasteiger partial charge is 0.244 e. The zero-order chi connectivity index (χ0) is 21.4. The lowest BCUT2D eigenvalue weighted by molar-refractivity contribution is -0.134. The third-order valence-electron chi connectivity index (χ3n) is 4.52. The van der Waals surface area contributed by atoms with Crippen molar-refractivity contribution in [3.63, 3.8) is 0 Å². The second kappa shape index (κ2) is 10.3. The number of hydrogen-bond donors (Lipinski definition) is 1. The molecule has 0 spiro atoms. The zero-order valence-electron chi connectivity index (χ0n) is 17.7. The summed E-state index contributed by atoms with van der Waals surface area (Å²) in [5, 5.41) is 2.71. The molecule has 29 heavy (non-hydrogen) atoms. The molecule has 0 aliphatic rings. The van der Waals surface area contributed by atoms with Crippen molar-refractivity contribution in [3.05, 3.63) is 65.7 Å². The van der Waals surface area contributed by atoms with Gasteiger partial charge in [-0.15, -0.1) is 0 Å². The SMILES string of the molecule is COc1ccc(/C=C\C(=O)N[C@@H](C)C(=O)N(C)Cc2ccc(N(C)C)cc2)cc1. The van der Waals surface area contributed by atoms with Crippen molar-refractivity contribution in [2.75, 3.05) is 33.2 Å². The van der Waals surface area contributed by atoms with Gasteiger partial charge in [0.1, 0.15) is 11.8 Å². The normalized spacial score (nSPS) is 11.8. The first-order valence-corrected chi connectivity index (χ1v) is 9.44. The van der Waals surface area contributed by atoms with E-state index in [0.717, 1.165) is 22.6 Å². The number of carbonyl (C=O) groups excluding carboxylic acids is 2. The topological polar surface area (TPSA) is 61.9 Å². The third kappa shape index (κ3) is 6.68. The molecular weight excluding hydrogens is 366 g/mol. The van der Waals surface area contributed by atoms with Gasteiger partial charge in [-0.2, -0.15) is 0 Å². The number of anilines is 1. The first kappa shape index (κ1) is 22.0. The first-order chi connectivity index (χ1) is 13.8. The first-order valence-electron chi connectivity index (χ1n) is 9.44. The number of ether oxygens (including phenoxy) is 1. The van der Waals surface area contributed by atoms with Gasteiger partial charge in [-0.05, 0) is 48.4 Å². The van der Waals surface area contributed by atoms with Gasteiger partial charge < -0.3 is 19.9 Å². The minimum Gasteiger partial charge on any atom is -0.497 e. The number of likely N-dealkylation sites (N-methyl/N-ethyl adjacent to an activating group) is 1. The third-order valence-corrected chi connectivity index (χ3v) is 4.52. The van der Waals surface area contributed by atoms with Crippen LogP contribution in [0.25, 0.3) is 6.08 Å². The van der Waals surface area contributed by atoms with E-state index in [1.165, 1.54) is 6.08 Å². The Morgan fingerprint density at radius 1 is 1.03 bits per heavy atom. The van der Waals surface area contributed by atoms with E-state index in [9.17, 15) is 9.59 Å². The Balaban J connectivity index is 1.87. The highest BCUT2D eigenvalue weighted by atomic mass is 16.5. The fraction of sp³-hybridized carbons (Fsp3) is 0.304. The van der Waals surface area contributed by atoms with E-state index in [-0.39, 0.29) is 11.8 Å². The molecule has 2 amide bonds. The molecule has 0 heterocycles. The average Bonchev–Trinajstić information content (AvgIpc) is 2.72. The van der Waals surface area contributed by atoms with Crippen molar-refractivity contribution in [1.29, 1.82) is 0 Å². The lowest BCUT2D eigenvalue weighted by Crippen LogP contribution is -2.44. The van der Waals surface area contributed by atoms with Crippen LogP contribution in [-0.4, -0.2) is 51.0 Å². The number of nitrogens with one attached hydrogen (secondary N) is 1. The van der Waals surface area contributed by atoms with Crippen LogP contribution in [0.5, 0.6) is 5.75 Å². The Hall–Kier alpha value is -3.28. The summed E-state index contributed by atoms with van der Waals surface area (Å²) < 4.78 is 5.11. The Morgan fingerprint density at radius 3 is 2.21 bits per heavy atom. The van der Waals surface area contributed by atoms with Gasteiger partial charge in [0.05, 0.1) is 7.11 Å². The van der Waals surface area contributed by atoms with E-state index in [2.05, 4.69) is 5.32 Å². The fourth-order valence-electron chi connectivity index (χ4n) is 2.79. The summed E-state index contributed by atoms with van der Waals surface area (Å²) in [6.07, 6.45) is 3.12. The number of benzene rings is 2. The molecule has 154 valence electrons. The maximum Gasteiger partial charge on any atom is 0.244 e. The van der Waals surface area contributed by atoms with Crippen LogP contribution in [-0.2, 0) is 16.1 Å². The van der Waals surface area contributed by atoms with Crippen molar-refractivity contribution in [3.8, 4) is 5.75 Å². The fourth-order valence-corrected chi connectivity index (χ4v) is 2.79. The maximum absolute atomic E-state index is 12.6. The summed E-state index contributed by atoms with van der Waals surface area (Å²) in [4.78, 5) is 28.3. The van der Waals surface area contributed by atoms with Gasteiger partial charge in [0.25, 0.3) is 0 Å². The number of carbonyl (C=O) groups is 2. The second-order valence-electron chi connectivity index (χ2n) is 7.09. The molecule has 0 aliphatic heterocycles. The molecule has 0 aliphatic carbocycles. The molecule has 2 aromatic carbocycles. The molecule has 0 saturated heterocycles. The lowest BCUT2D eigenvalue weighted by atomic mass is 10.1. The van der Waals surface area contributed by atoms with Crippen LogP contribution < -0.4 is 15.0 Å².